The number of benzene rings is 2. The summed E-state index contributed by atoms with van der Waals surface area (Å²) >= 11 is 12.4. The lowest BCUT2D eigenvalue weighted by molar-refractivity contribution is 0.174. The second kappa shape index (κ2) is 4.83. The van der Waals surface area contributed by atoms with E-state index in [4.69, 9.17) is 27.9 Å². The summed E-state index contributed by atoms with van der Waals surface area (Å²) in [5.74, 6) is 0.833. The molecule has 2 unspecified atom stereocenters. The molecule has 1 nitrogen and oxygen atoms in total. The predicted octanol–water partition coefficient (Wildman–Crippen LogP) is 5.14. The molecule has 2 atom stereocenters. The van der Waals surface area contributed by atoms with Gasteiger partial charge in [0.05, 0.1) is 5.38 Å². The number of fused-ring (bicyclic) bond motifs is 1. The molecule has 0 aromatic heterocycles. The van der Waals surface area contributed by atoms with Gasteiger partial charge in [-0.15, -0.1) is 11.6 Å². The van der Waals surface area contributed by atoms with Crippen LogP contribution in [-0.2, 0) is 0 Å². The molecular weight excluding hydrogens is 267 g/mol. The van der Waals surface area contributed by atoms with Crippen LogP contribution in [-0.4, -0.2) is 0 Å². The summed E-state index contributed by atoms with van der Waals surface area (Å²) in [5, 5.41) is 0.638. The van der Waals surface area contributed by atoms with Gasteiger partial charge in [0.1, 0.15) is 11.9 Å². The minimum atomic E-state index is -0.0577. The van der Waals surface area contributed by atoms with Crippen LogP contribution in [0.1, 0.15) is 29.0 Å². The van der Waals surface area contributed by atoms with E-state index >= 15 is 0 Å². The summed E-state index contributed by atoms with van der Waals surface area (Å²) in [6.45, 7) is 0. The maximum absolute atomic E-state index is 6.43. The van der Waals surface area contributed by atoms with Gasteiger partial charge in [-0.25, -0.2) is 0 Å². The van der Waals surface area contributed by atoms with Gasteiger partial charge < -0.3 is 4.74 Å². The first-order valence-electron chi connectivity index (χ1n) is 5.89. The van der Waals surface area contributed by atoms with Crippen molar-refractivity contribution in [2.75, 3.05) is 0 Å². The van der Waals surface area contributed by atoms with Crippen molar-refractivity contribution in [2.24, 2.45) is 0 Å². The molecule has 0 saturated heterocycles. The molecule has 3 rings (SSSR count). The predicted molar refractivity (Wildman–Crippen MR) is 74.5 cm³/mol. The number of ether oxygens (including phenoxy) is 1. The van der Waals surface area contributed by atoms with E-state index in [0.717, 1.165) is 23.3 Å². The average molecular weight is 279 g/mol. The first-order valence-corrected chi connectivity index (χ1v) is 6.70. The van der Waals surface area contributed by atoms with Gasteiger partial charge >= 0.3 is 0 Å². The third-order valence-electron chi connectivity index (χ3n) is 3.17. The van der Waals surface area contributed by atoms with Crippen molar-refractivity contribution in [3.05, 3.63) is 64.7 Å². The minimum Gasteiger partial charge on any atom is -0.485 e. The van der Waals surface area contributed by atoms with Crippen molar-refractivity contribution >= 4 is 23.2 Å². The Bertz CT molecular complexity index is 554. The van der Waals surface area contributed by atoms with Gasteiger partial charge in [0.2, 0.25) is 0 Å². The molecule has 0 radical (unpaired) electrons. The highest BCUT2D eigenvalue weighted by Crippen LogP contribution is 2.44. The maximum atomic E-state index is 6.43. The molecule has 3 heteroatoms. The van der Waals surface area contributed by atoms with Gasteiger partial charge in [-0.1, -0.05) is 41.9 Å². The summed E-state index contributed by atoms with van der Waals surface area (Å²) in [5.41, 5.74) is 2.14. The van der Waals surface area contributed by atoms with E-state index in [1.807, 2.05) is 36.4 Å². The van der Waals surface area contributed by atoms with Crippen molar-refractivity contribution in [3.8, 4) is 5.75 Å². The third-order valence-corrected chi connectivity index (χ3v) is 3.82. The number of alkyl halides is 1. The van der Waals surface area contributed by atoms with Crippen LogP contribution in [0.25, 0.3) is 0 Å². The van der Waals surface area contributed by atoms with Crippen LogP contribution in [0.15, 0.2) is 48.5 Å². The van der Waals surface area contributed by atoms with Crippen molar-refractivity contribution in [1.82, 2.24) is 0 Å². The van der Waals surface area contributed by atoms with Crippen molar-refractivity contribution < 1.29 is 4.74 Å². The standard InChI is InChI=1S/C15H12Cl2O/c16-11-6-7-14-12(8-11)13(17)9-15(18-14)10-4-2-1-3-5-10/h1-8,13,15H,9H2. The molecule has 1 heterocycles. The summed E-state index contributed by atoms with van der Waals surface area (Å²) in [6, 6.07) is 15.8. The van der Waals surface area contributed by atoms with E-state index in [9.17, 15) is 0 Å². The van der Waals surface area contributed by atoms with Crippen molar-refractivity contribution in [1.29, 1.82) is 0 Å². The molecule has 92 valence electrons. The summed E-state index contributed by atoms with van der Waals surface area (Å²) in [4.78, 5) is 0. The minimum absolute atomic E-state index is 0.0161. The number of hydrogen-bond acceptors (Lipinski definition) is 1. The third kappa shape index (κ3) is 2.21. The molecule has 1 aliphatic rings. The maximum Gasteiger partial charge on any atom is 0.125 e. The molecule has 1 aliphatic heterocycles. The quantitative estimate of drug-likeness (QED) is 0.656. The molecule has 2 aromatic rings. The van der Waals surface area contributed by atoms with Gasteiger partial charge in [0.25, 0.3) is 0 Å². The van der Waals surface area contributed by atoms with Crippen LogP contribution in [0, 0.1) is 0 Å². The Morgan fingerprint density at radius 1 is 1.06 bits per heavy atom. The molecule has 18 heavy (non-hydrogen) atoms. The Labute approximate surface area is 116 Å². The molecule has 2 aromatic carbocycles. The zero-order valence-electron chi connectivity index (χ0n) is 9.64. The first kappa shape index (κ1) is 11.9. The Morgan fingerprint density at radius 2 is 1.83 bits per heavy atom. The lowest BCUT2D eigenvalue weighted by atomic mass is 9.97. The van der Waals surface area contributed by atoms with Crippen LogP contribution in [0.5, 0.6) is 5.75 Å². The zero-order chi connectivity index (χ0) is 12.5. The second-order valence-corrected chi connectivity index (χ2v) is 5.37. The fourth-order valence-corrected chi connectivity index (χ4v) is 2.77. The lowest BCUT2D eigenvalue weighted by Gasteiger charge is -2.29. The fraction of sp³-hybridized carbons (Fsp3) is 0.200. The highest BCUT2D eigenvalue weighted by molar-refractivity contribution is 6.31. The van der Waals surface area contributed by atoms with E-state index in [2.05, 4.69) is 12.1 Å². The van der Waals surface area contributed by atoms with Gasteiger partial charge in [-0.05, 0) is 23.8 Å². The van der Waals surface area contributed by atoms with Crippen LogP contribution < -0.4 is 4.74 Å². The van der Waals surface area contributed by atoms with Crippen LogP contribution in [0.3, 0.4) is 0 Å². The van der Waals surface area contributed by atoms with Crippen LogP contribution in [0.2, 0.25) is 5.02 Å². The average Bonchev–Trinajstić information content (AvgIpc) is 2.40. The lowest BCUT2D eigenvalue weighted by Crippen LogP contribution is -2.16. The largest absolute Gasteiger partial charge is 0.485 e. The van der Waals surface area contributed by atoms with Gasteiger partial charge in [-0.3, -0.25) is 0 Å². The molecule has 0 aliphatic carbocycles. The van der Waals surface area contributed by atoms with Gasteiger partial charge in [-0.2, -0.15) is 0 Å². The SMILES string of the molecule is Clc1ccc2c(c1)C(Cl)CC(c1ccccc1)O2. The summed E-state index contributed by atoms with van der Waals surface area (Å²) in [6.07, 6.45) is 0.779. The molecular formula is C15H12Cl2O. The molecule has 0 spiro atoms. The normalized spacial score (nSPS) is 22.1. The van der Waals surface area contributed by atoms with Crippen LogP contribution >= 0.6 is 23.2 Å². The highest BCUT2D eigenvalue weighted by Gasteiger charge is 2.27. The summed E-state index contributed by atoms with van der Waals surface area (Å²) in [7, 11) is 0. The number of rotatable bonds is 1. The fourth-order valence-electron chi connectivity index (χ4n) is 2.26. The number of halogens is 2. The Hall–Kier alpha value is -1.18. The highest BCUT2D eigenvalue weighted by atomic mass is 35.5. The van der Waals surface area contributed by atoms with Gasteiger partial charge in [0, 0.05) is 17.0 Å². The zero-order valence-corrected chi connectivity index (χ0v) is 11.2. The van der Waals surface area contributed by atoms with E-state index in [0.29, 0.717) is 5.02 Å². The van der Waals surface area contributed by atoms with Crippen LogP contribution in [0.4, 0.5) is 0 Å². The van der Waals surface area contributed by atoms with Crippen molar-refractivity contribution in [2.45, 2.75) is 17.9 Å². The molecule has 0 amide bonds. The van der Waals surface area contributed by atoms with E-state index in [1.165, 1.54) is 0 Å². The Kier molecular flexibility index (Phi) is 3.19. The monoisotopic (exact) mass is 278 g/mol. The number of hydrogen-bond donors (Lipinski definition) is 0. The molecule has 0 saturated carbocycles. The van der Waals surface area contributed by atoms with E-state index < -0.39 is 0 Å². The smallest absolute Gasteiger partial charge is 0.125 e. The van der Waals surface area contributed by atoms with E-state index in [1.54, 1.807) is 0 Å². The molecule has 0 fully saturated rings. The Balaban J connectivity index is 1.95. The molecule has 0 N–H and O–H groups in total. The second-order valence-electron chi connectivity index (χ2n) is 4.40. The topological polar surface area (TPSA) is 9.23 Å². The Morgan fingerprint density at radius 3 is 2.61 bits per heavy atom. The van der Waals surface area contributed by atoms with Gasteiger partial charge in [0.15, 0.2) is 0 Å². The van der Waals surface area contributed by atoms with E-state index in [-0.39, 0.29) is 11.5 Å². The first-order chi connectivity index (χ1) is 8.74. The molecule has 0 bridgehead atoms. The van der Waals surface area contributed by atoms with Crippen molar-refractivity contribution in [3.63, 3.8) is 0 Å². The summed E-state index contributed by atoms with van der Waals surface area (Å²) < 4.78 is 6.00.